The Morgan fingerprint density at radius 1 is 1.12 bits per heavy atom. The minimum Gasteiger partial charge on any atom is -0.376 e. The average molecular weight is 351 g/mol. The van der Waals surface area contributed by atoms with Crippen LogP contribution in [-0.4, -0.2) is 54.6 Å². The van der Waals surface area contributed by atoms with E-state index in [1.807, 2.05) is 18.5 Å². The van der Waals surface area contributed by atoms with Gasteiger partial charge in [0.1, 0.15) is 0 Å². The third kappa shape index (κ3) is 3.98. The highest BCUT2D eigenvalue weighted by Gasteiger charge is 2.49. The molecule has 0 amide bonds. The number of ether oxygens (including phenoxy) is 1. The third-order valence-corrected chi connectivity index (χ3v) is 6.01. The van der Waals surface area contributed by atoms with Crippen molar-refractivity contribution in [3.63, 3.8) is 0 Å². The van der Waals surface area contributed by atoms with Gasteiger partial charge in [-0.3, -0.25) is 9.88 Å². The number of aromatic nitrogens is 1. The number of nitrogens with zero attached hydrogens (tertiary/aromatic N) is 3. The summed E-state index contributed by atoms with van der Waals surface area (Å²) in [5.41, 5.74) is 2.96. The molecule has 0 saturated carbocycles. The molecule has 3 heterocycles. The van der Waals surface area contributed by atoms with E-state index < -0.39 is 0 Å². The lowest BCUT2D eigenvalue weighted by molar-refractivity contribution is 0.0515. The Labute approximate surface area is 156 Å². The van der Waals surface area contributed by atoms with Crippen molar-refractivity contribution >= 4 is 0 Å². The maximum Gasteiger partial charge on any atom is 0.0731 e. The summed E-state index contributed by atoms with van der Waals surface area (Å²) >= 11 is 0. The smallest absolute Gasteiger partial charge is 0.0731 e. The fourth-order valence-corrected chi connectivity index (χ4v) is 4.76. The summed E-state index contributed by atoms with van der Waals surface area (Å²) < 4.78 is 6.11. The molecule has 0 aliphatic carbocycles. The second kappa shape index (κ2) is 7.87. The highest BCUT2D eigenvalue weighted by molar-refractivity contribution is 5.15. The van der Waals surface area contributed by atoms with Crippen molar-refractivity contribution < 1.29 is 4.74 Å². The number of benzene rings is 1. The quantitative estimate of drug-likeness (QED) is 0.800. The summed E-state index contributed by atoms with van der Waals surface area (Å²) in [6, 6.07) is 14.9. The Hall–Kier alpha value is -1.75. The van der Waals surface area contributed by atoms with Gasteiger partial charge >= 0.3 is 0 Å². The minimum absolute atomic E-state index is 0.387. The molecular formula is C22H29N3O. The van der Waals surface area contributed by atoms with E-state index in [0.717, 1.165) is 25.3 Å². The van der Waals surface area contributed by atoms with Crippen LogP contribution in [0.3, 0.4) is 0 Å². The third-order valence-electron chi connectivity index (χ3n) is 6.01. The van der Waals surface area contributed by atoms with E-state index in [9.17, 15) is 0 Å². The molecule has 0 radical (unpaired) electrons. The van der Waals surface area contributed by atoms with E-state index in [-0.39, 0.29) is 0 Å². The average Bonchev–Trinajstić information content (AvgIpc) is 3.20. The maximum absolute atomic E-state index is 6.11. The van der Waals surface area contributed by atoms with Crippen molar-refractivity contribution in [3.8, 4) is 0 Å². The van der Waals surface area contributed by atoms with Gasteiger partial charge in [-0.05, 0) is 37.2 Å². The Bertz CT molecular complexity index is 693. The summed E-state index contributed by atoms with van der Waals surface area (Å²) in [5.74, 6) is 0.616. The van der Waals surface area contributed by atoms with Gasteiger partial charge in [0, 0.05) is 49.9 Å². The van der Waals surface area contributed by atoms with Gasteiger partial charge < -0.3 is 9.64 Å². The van der Waals surface area contributed by atoms with E-state index in [1.165, 1.54) is 31.6 Å². The second-order valence-electron chi connectivity index (χ2n) is 8.08. The van der Waals surface area contributed by atoms with Crippen molar-refractivity contribution in [1.29, 1.82) is 0 Å². The molecule has 2 aliphatic heterocycles. The van der Waals surface area contributed by atoms with Crippen LogP contribution < -0.4 is 0 Å². The van der Waals surface area contributed by atoms with Crippen molar-refractivity contribution in [3.05, 3.63) is 66.0 Å². The number of likely N-dealkylation sites (tertiary alicyclic amines) is 2. The van der Waals surface area contributed by atoms with E-state index >= 15 is 0 Å². The number of hydrogen-bond acceptors (Lipinski definition) is 4. The van der Waals surface area contributed by atoms with Crippen LogP contribution in [0.4, 0.5) is 0 Å². The Balaban J connectivity index is 1.35. The van der Waals surface area contributed by atoms with Crippen LogP contribution in [0, 0.1) is 11.3 Å². The summed E-state index contributed by atoms with van der Waals surface area (Å²) in [6.45, 7) is 7.30. The van der Waals surface area contributed by atoms with Crippen LogP contribution in [0.2, 0.25) is 0 Å². The molecule has 4 nitrogen and oxygen atoms in total. The monoisotopic (exact) mass is 351 g/mol. The topological polar surface area (TPSA) is 28.6 Å². The summed E-state index contributed by atoms with van der Waals surface area (Å²) in [4.78, 5) is 9.29. The normalized spacial score (nSPS) is 26.7. The predicted octanol–water partition coefficient (Wildman–Crippen LogP) is 3.05. The predicted molar refractivity (Wildman–Crippen MR) is 104 cm³/mol. The van der Waals surface area contributed by atoms with Gasteiger partial charge in [0.25, 0.3) is 0 Å². The van der Waals surface area contributed by atoms with Crippen molar-refractivity contribution in [2.24, 2.45) is 11.3 Å². The highest BCUT2D eigenvalue weighted by atomic mass is 16.5. The van der Waals surface area contributed by atoms with Gasteiger partial charge in [0.05, 0.1) is 13.2 Å². The molecular weight excluding hydrogens is 322 g/mol. The fourth-order valence-electron chi connectivity index (χ4n) is 4.76. The first-order valence-electron chi connectivity index (χ1n) is 9.65. The summed E-state index contributed by atoms with van der Waals surface area (Å²) in [6.07, 6.45) is 4.99. The molecule has 1 spiro atoms. The zero-order chi connectivity index (χ0) is 17.8. The molecule has 2 saturated heterocycles. The van der Waals surface area contributed by atoms with Gasteiger partial charge in [0.2, 0.25) is 0 Å². The van der Waals surface area contributed by atoms with Crippen LogP contribution in [0.25, 0.3) is 0 Å². The minimum atomic E-state index is 0.387. The first-order chi connectivity index (χ1) is 12.7. The molecule has 26 heavy (non-hydrogen) atoms. The molecule has 0 bridgehead atoms. The van der Waals surface area contributed by atoms with Gasteiger partial charge in [-0.25, -0.2) is 0 Å². The Kier molecular flexibility index (Phi) is 5.34. The van der Waals surface area contributed by atoms with Crippen LogP contribution >= 0.6 is 0 Å². The molecule has 1 aromatic carbocycles. The van der Waals surface area contributed by atoms with Crippen LogP contribution in [0.1, 0.15) is 17.5 Å². The zero-order valence-corrected chi connectivity index (χ0v) is 15.7. The Morgan fingerprint density at radius 2 is 1.96 bits per heavy atom. The first-order valence-corrected chi connectivity index (χ1v) is 9.65. The van der Waals surface area contributed by atoms with Crippen LogP contribution in [-0.2, 0) is 17.9 Å². The summed E-state index contributed by atoms with van der Waals surface area (Å²) in [7, 11) is 2.25. The van der Waals surface area contributed by atoms with E-state index in [2.05, 4.69) is 58.2 Å². The maximum atomic E-state index is 6.11. The largest absolute Gasteiger partial charge is 0.376 e. The van der Waals surface area contributed by atoms with E-state index in [0.29, 0.717) is 17.9 Å². The molecule has 2 atom stereocenters. The standard InChI is InChI=1S/C22H29N3O/c1-24-14-21(16-26-15-20-8-5-10-23-12-20)22(17-24)9-11-25(18-22)13-19-6-3-2-4-7-19/h2-8,10,12,21H,9,11,13-18H2,1H3/t21-,22-/m1/s1. The molecule has 138 valence electrons. The highest BCUT2D eigenvalue weighted by Crippen LogP contribution is 2.43. The van der Waals surface area contributed by atoms with Gasteiger partial charge in [0.15, 0.2) is 0 Å². The number of rotatable bonds is 6. The van der Waals surface area contributed by atoms with E-state index in [4.69, 9.17) is 4.74 Å². The van der Waals surface area contributed by atoms with Crippen molar-refractivity contribution in [1.82, 2.24) is 14.8 Å². The lowest BCUT2D eigenvalue weighted by atomic mass is 9.77. The lowest BCUT2D eigenvalue weighted by Gasteiger charge is -2.30. The Morgan fingerprint density at radius 3 is 2.77 bits per heavy atom. The molecule has 4 rings (SSSR count). The molecule has 1 aromatic heterocycles. The molecule has 2 aliphatic rings. The SMILES string of the molecule is CN1C[C@H](COCc2cccnc2)[C@]2(CCN(Cc3ccccc3)C2)C1. The molecule has 0 unspecified atom stereocenters. The van der Waals surface area contributed by atoms with E-state index in [1.54, 1.807) is 0 Å². The van der Waals surface area contributed by atoms with Gasteiger partial charge in [-0.1, -0.05) is 36.4 Å². The molecule has 2 aromatic rings. The van der Waals surface area contributed by atoms with Crippen LogP contribution in [0.15, 0.2) is 54.9 Å². The van der Waals surface area contributed by atoms with Crippen LogP contribution in [0.5, 0.6) is 0 Å². The van der Waals surface area contributed by atoms with Crippen molar-refractivity contribution in [2.75, 3.05) is 39.8 Å². The van der Waals surface area contributed by atoms with Gasteiger partial charge in [-0.2, -0.15) is 0 Å². The first kappa shape index (κ1) is 17.7. The zero-order valence-electron chi connectivity index (χ0n) is 15.7. The van der Waals surface area contributed by atoms with Gasteiger partial charge in [-0.15, -0.1) is 0 Å². The lowest BCUT2D eigenvalue weighted by Crippen LogP contribution is -2.36. The molecule has 4 heteroatoms. The summed E-state index contributed by atoms with van der Waals surface area (Å²) in [5, 5.41) is 0. The van der Waals surface area contributed by atoms with Crippen molar-refractivity contribution in [2.45, 2.75) is 19.6 Å². The molecule has 2 fully saturated rings. The molecule has 0 N–H and O–H groups in total. The number of pyridine rings is 1. The second-order valence-corrected chi connectivity index (χ2v) is 8.08. The fraction of sp³-hybridized carbons (Fsp3) is 0.500. The number of hydrogen-bond donors (Lipinski definition) is 0.